The third-order valence-corrected chi connectivity index (χ3v) is 3.65. The lowest BCUT2D eigenvalue weighted by Gasteiger charge is -2.17. The van der Waals surface area contributed by atoms with Gasteiger partial charge in [-0.05, 0) is 37.1 Å². The summed E-state index contributed by atoms with van der Waals surface area (Å²) in [6, 6.07) is 7.27. The standard InChI is InChI=1S/C13H14Cl2N2O/c1-8-9(5-6-18-8)13(17-16)7-10-11(14)3-2-4-12(10)15/h2-6,13,17H,7,16H2,1H3. The Morgan fingerprint density at radius 1 is 1.28 bits per heavy atom. The van der Waals surface area contributed by atoms with Crippen LogP contribution >= 0.6 is 23.2 Å². The molecule has 5 heteroatoms. The van der Waals surface area contributed by atoms with E-state index in [1.54, 1.807) is 6.26 Å². The zero-order chi connectivity index (χ0) is 13.1. The van der Waals surface area contributed by atoms with E-state index in [1.165, 1.54) is 0 Å². The molecule has 3 N–H and O–H groups in total. The molecule has 0 saturated carbocycles. The molecule has 1 heterocycles. The molecular weight excluding hydrogens is 271 g/mol. The fourth-order valence-electron chi connectivity index (χ4n) is 1.95. The molecule has 1 unspecified atom stereocenters. The second-order valence-electron chi connectivity index (χ2n) is 4.06. The monoisotopic (exact) mass is 284 g/mol. The van der Waals surface area contributed by atoms with E-state index < -0.39 is 0 Å². The number of aryl methyl sites for hydroxylation is 1. The highest BCUT2D eigenvalue weighted by molar-refractivity contribution is 6.36. The fraction of sp³-hybridized carbons (Fsp3) is 0.231. The molecule has 1 aromatic carbocycles. The minimum atomic E-state index is -0.0823. The number of furan rings is 1. The molecular formula is C13H14Cl2N2O. The van der Waals surface area contributed by atoms with Gasteiger partial charge in [0.2, 0.25) is 0 Å². The van der Waals surface area contributed by atoms with Crippen molar-refractivity contribution in [1.82, 2.24) is 5.43 Å². The highest BCUT2D eigenvalue weighted by Crippen LogP contribution is 2.30. The van der Waals surface area contributed by atoms with Gasteiger partial charge < -0.3 is 4.42 Å². The van der Waals surface area contributed by atoms with Crippen LogP contribution in [0.25, 0.3) is 0 Å². The number of nitrogens with two attached hydrogens (primary N) is 1. The minimum Gasteiger partial charge on any atom is -0.469 e. The van der Waals surface area contributed by atoms with Crippen LogP contribution in [0.3, 0.4) is 0 Å². The summed E-state index contributed by atoms with van der Waals surface area (Å²) in [5.41, 5.74) is 4.66. The number of rotatable bonds is 4. The highest BCUT2D eigenvalue weighted by Gasteiger charge is 2.18. The summed E-state index contributed by atoms with van der Waals surface area (Å²) in [6.45, 7) is 1.90. The van der Waals surface area contributed by atoms with E-state index in [0.717, 1.165) is 16.9 Å². The fourth-order valence-corrected chi connectivity index (χ4v) is 2.50. The lowest BCUT2D eigenvalue weighted by Crippen LogP contribution is -2.29. The number of halogens is 2. The Hall–Kier alpha value is -1.00. The van der Waals surface area contributed by atoms with E-state index in [9.17, 15) is 0 Å². The molecule has 2 rings (SSSR count). The third kappa shape index (κ3) is 2.70. The van der Waals surface area contributed by atoms with Gasteiger partial charge in [0.1, 0.15) is 5.76 Å². The van der Waals surface area contributed by atoms with E-state index in [4.69, 9.17) is 33.5 Å². The van der Waals surface area contributed by atoms with Crippen molar-refractivity contribution in [2.24, 2.45) is 5.84 Å². The topological polar surface area (TPSA) is 51.2 Å². The molecule has 18 heavy (non-hydrogen) atoms. The molecule has 0 bridgehead atoms. The van der Waals surface area contributed by atoms with Crippen molar-refractivity contribution in [2.45, 2.75) is 19.4 Å². The largest absolute Gasteiger partial charge is 0.469 e. The number of hydrogen-bond acceptors (Lipinski definition) is 3. The van der Waals surface area contributed by atoms with Crippen molar-refractivity contribution in [1.29, 1.82) is 0 Å². The van der Waals surface area contributed by atoms with Crippen LogP contribution in [-0.2, 0) is 6.42 Å². The second-order valence-corrected chi connectivity index (χ2v) is 4.87. The summed E-state index contributed by atoms with van der Waals surface area (Å²) < 4.78 is 5.28. The Kier molecular flexibility index (Phi) is 4.30. The highest BCUT2D eigenvalue weighted by atomic mass is 35.5. The van der Waals surface area contributed by atoms with Gasteiger partial charge in [0.05, 0.1) is 12.3 Å². The van der Waals surface area contributed by atoms with E-state index in [-0.39, 0.29) is 6.04 Å². The van der Waals surface area contributed by atoms with Gasteiger partial charge in [0, 0.05) is 15.6 Å². The predicted octanol–water partition coefficient (Wildman–Crippen LogP) is 3.64. The number of benzene rings is 1. The molecule has 0 amide bonds. The maximum atomic E-state index is 6.16. The van der Waals surface area contributed by atoms with Crippen LogP contribution in [-0.4, -0.2) is 0 Å². The van der Waals surface area contributed by atoms with Gasteiger partial charge in [-0.1, -0.05) is 29.3 Å². The molecule has 1 atom stereocenters. The number of nitrogens with one attached hydrogen (secondary N) is 1. The molecule has 3 nitrogen and oxygen atoms in total. The number of hydrogen-bond donors (Lipinski definition) is 2. The normalized spacial score (nSPS) is 12.7. The van der Waals surface area contributed by atoms with Gasteiger partial charge in [-0.2, -0.15) is 0 Å². The van der Waals surface area contributed by atoms with Crippen molar-refractivity contribution in [3.05, 3.63) is 57.5 Å². The molecule has 0 radical (unpaired) electrons. The van der Waals surface area contributed by atoms with Gasteiger partial charge in [0.15, 0.2) is 0 Å². The molecule has 0 spiro atoms. The molecule has 96 valence electrons. The van der Waals surface area contributed by atoms with Crippen LogP contribution in [0.4, 0.5) is 0 Å². The zero-order valence-corrected chi connectivity index (χ0v) is 11.4. The molecule has 0 aliphatic rings. The van der Waals surface area contributed by atoms with Gasteiger partial charge >= 0.3 is 0 Å². The Balaban J connectivity index is 2.29. The van der Waals surface area contributed by atoms with Crippen LogP contribution < -0.4 is 11.3 Å². The van der Waals surface area contributed by atoms with E-state index >= 15 is 0 Å². The quantitative estimate of drug-likeness (QED) is 0.666. The lowest BCUT2D eigenvalue weighted by molar-refractivity contribution is 0.502. The van der Waals surface area contributed by atoms with Crippen LogP contribution in [0.1, 0.15) is 22.9 Å². The van der Waals surface area contributed by atoms with Crippen molar-refractivity contribution >= 4 is 23.2 Å². The first kappa shape index (κ1) is 13.4. The maximum absolute atomic E-state index is 6.16. The summed E-state index contributed by atoms with van der Waals surface area (Å²) in [5.74, 6) is 6.44. The third-order valence-electron chi connectivity index (χ3n) is 2.95. The molecule has 0 fully saturated rings. The summed E-state index contributed by atoms with van der Waals surface area (Å²) in [6.07, 6.45) is 2.25. The summed E-state index contributed by atoms with van der Waals surface area (Å²) >= 11 is 12.3. The summed E-state index contributed by atoms with van der Waals surface area (Å²) in [5, 5.41) is 1.28. The Morgan fingerprint density at radius 3 is 2.44 bits per heavy atom. The van der Waals surface area contributed by atoms with Gasteiger partial charge in [0.25, 0.3) is 0 Å². The van der Waals surface area contributed by atoms with E-state index in [1.807, 2.05) is 31.2 Å². The Morgan fingerprint density at radius 2 is 1.94 bits per heavy atom. The van der Waals surface area contributed by atoms with Crippen LogP contribution in [0, 0.1) is 6.92 Å². The summed E-state index contributed by atoms with van der Waals surface area (Å²) in [7, 11) is 0. The van der Waals surface area contributed by atoms with Crippen molar-refractivity contribution in [3.63, 3.8) is 0 Å². The molecule has 1 aromatic heterocycles. The van der Waals surface area contributed by atoms with Crippen LogP contribution in [0.15, 0.2) is 34.9 Å². The van der Waals surface area contributed by atoms with Gasteiger partial charge in [-0.25, -0.2) is 0 Å². The predicted molar refractivity (Wildman–Crippen MR) is 73.7 cm³/mol. The van der Waals surface area contributed by atoms with E-state index in [0.29, 0.717) is 16.5 Å². The Bertz CT molecular complexity index is 519. The SMILES string of the molecule is Cc1occc1C(Cc1c(Cl)cccc1Cl)NN. The van der Waals surface area contributed by atoms with Gasteiger partial charge in [-0.3, -0.25) is 11.3 Å². The average molecular weight is 285 g/mol. The first-order chi connectivity index (χ1) is 8.63. The van der Waals surface area contributed by atoms with E-state index in [2.05, 4.69) is 5.43 Å². The minimum absolute atomic E-state index is 0.0823. The number of hydrazine groups is 1. The second kappa shape index (κ2) is 5.76. The average Bonchev–Trinajstić information content (AvgIpc) is 2.76. The molecule has 0 aliphatic heterocycles. The smallest absolute Gasteiger partial charge is 0.105 e. The van der Waals surface area contributed by atoms with Crippen molar-refractivity contribution in [2.75, 3.05) is 0 Å². The van der Waals surface area contributed by atoms with Crippen LogP contribution in [0.2, 0.25) is 10.0 Å². The lowest BCUT2D eigenvalue weighted by atomic mass is 10.00. The van der Waals surface area contributed by atoms with Crippen LogP contribution in [0.5, 0.6) is 0 Å². The maximum Gasteiger partial charge on any atom is 0.105 e. The zero-order valence-electron chi connectivity index (χ0n) is 9.91. The van der Waals surface area contributed by atoms with Crippen molar-refractivity contribution in [3.8, 4) is 0 Å². The molecule has 0 saturated heterocycles. The molecule has 2 aromatic rings. The Labute approximate surface area is 116 Å². The first-order valence-corrected chi connectivity index (χ1v) is 6.32. The van der Waals surface area contributed by atoms with Crippen molar-refractivity contribution < 1.29 is 4.42 Å². The van der Waals surface area contributed by atoms with Gasteiger partial charge in [-0.15, -0.1) is 0 Å². The molecule has 0 aliphatic carbocycles. The first-order valence-electron chi connectivity index (χ1n) is 5.56. The summed E-state index contributed by atoms with van der Waals surface area (Å²) in [4.78, 5) is 0.